The third kappa shape index (κ3) is 8.89. The third-order valence-electron chi connectivity index (χ3n) is 8.19. The van der Waals surface area contributed by atoms with Crippen LogP contribution in [0.5, 0.6) is 0 Å². The summed E-state index contributed by atoms with van der Waals surface area (Å²) in [5.41, 5.74) is 8.53. The van der Waals surface area contributed by atoms with Gasteiger partial charge in [-0.25, -0.2) is 0 Å². The maximum Gasteiger partial charge on any atom is 0.141 e. The van der Waals surface area contributed by atoms with E-state index in [9.17, 15) is 0 Å². The Kier molecular flexibility index (Phi) is 12.2. The van der Waals surface area contributed by atoms with Gasteiger partial charge in [0.1, 0.15) is 5.58 Å². The highest BCUT2D eigenvalue weighted by Crippen LogP contribution is 2.40. The van der Waals surface area contributed by atoms with E-state index in [2.05, 4.69) is 77.6 Å². The highest BCUT2D eigenvalue weighted by molar-refractivity contribution is 6.00. The van der Waals surface area contributed by atoms with Crippen LogP contribution in [0.25, 0.3) is 27.7 Å². The monoisotopic (exact) mass is 514 g/mol. The summed E-state index contributed by atoms with van der Waals surface area (Å²) >= 11 is 0. The van der Waals surface area contributed by atoms with Crippen LogP contribution in [0.3, 0.4) is 0 Å². The first-order chi connectivity index (χ1) is 18.3. The van der Waals surface area contributed by atoms with Crippen molar-refractivity contribution in [1.82, 2.24) is 0 Å². The molecule has 0 aliphatic heterocycles. The molecule has 0 amide bonds. The molecular weight excluding hydrogens is 460 g/mol. The van der Waals surface area contributed by atoms with Crippen LogP contribution in [0.2, 0.25) is 0 Å². The van der Waals surface area contributed by atoms with E-state index in [-0.39, 0.29) is 5.41 Å². The summed E-state index contributed by atoms with van der Waals surface area (Å²) in [7, 11) is 0. The number of fused-ring (bicyclic) bond motifs is 1. The van der Waals surface area contributed by atoms with Crippen molar-refractivity contribution in [3.05, 3.63) is 65.9 Å². The average molecular weight is 515 g/mol. The smallest absolute Gasteiger partial charge is 0.141 e. The largest absolute Gasteiger partial charge is 0.463 e. The second-order valence-corrected chi connectivity index (χ2v) is 12.6. The standard InChI is InChI=1S/C37H54O/c1-7-8-9-10-11-12-13-14-15-16-17-18-19-20-23-30(3)33-26-31(37(4,5)6)27-34-35(28-38-36(33)34)32-25-22-21-24-29(32)2/h21-22,24-28H,3,7-20,23H2,1-2,4-6H3. The molecule has 2 aromatic carbocycles. The number of hydrogen-bond donors (Lipinski definition) is 0. The van der Waals surface area contributed by atoms with Crippen LogP contribution in [0.4, 0.5) is 0 Å². The molecule has 1 heteroatoms. The number of unbranched alkanes of at least 4 members (excludes halogenated alkanes) is 13. The Morgan fingerprint density at radius 2 is 1.29 bits per heavy atom. The van der Waals surface area contributed by atoms with Crippen molar-refractivity contribution in [2.24, 2.45) is 0 Å². The summed E-state index contributed by atoms with van der Waals surface area (Å²) in [6.45, 7) is 15.9. The minimum absolute atomic E-state index is 0.0680. The van der Waals surface area contributed by atoms with Gasteiger partial charge < -0.3 is 4.42 Å². The SMILES string of the molecule is C=C(CCCCCCCCCCCCCCCC)c1cc(C(C)(C)C)cc2c(-c3ccccc3C)coc12. The van der Waals surface area contributed by atoms with Crippen LogP contribution in [0, 0.1) is 6.92 Å². The van der Waals surface area contributed by atoms with Gasteiger partial charge in [-0.1, -0.05) is 142 Å². The van der Waals surface area contributed by atoms with E-state index in [4.69, 9.17) is 4.42 Å². The Labute approximate surface area is 234 Å². The van der Waals surface area contributed by atoms with E-state index in [1.807, 2.05) is 6.26 Å². The summed E-state index contributed by atoms with van der Waals surface area (Å²) in [5.74, 6) is 0. The zero-order valence-corrected chi connectivity index (χ0v) is 25.3. The van der Waals surface area contributed by atoms with Gasteiger partial charge in [-0.05, 0) is 59.6 Å². The first kappa shape index (κ1) is 30.3. The Balaban J connectivity index is 1.49. The fourth-order valence-electron chi connectivity index (χ4n) is 5.58. The lowest BCUT2D eigenvalue weighted by Gasteiger charge is -2.21. The van der Waals surface area contributed by atoms with E-state index in [1.165, 1.54) is 129 Å². The highest BCUT2D eigenvalue weighted by atomic mass is 16.3. The van der Waals surface area contributed by atoms with Crippen molar-refractivity contribution < 1.29 is 4.42 Å². The van der Waals surface area contributed by atoms with Crippen LogP contribution >= 0.6 is 0 Å². The first-order valence-electron chi connectivity index (χ1n) is 15.6. The van der Waals surface area contributed by atoms with Gasteiger partial charge in [-0.15, -0.1) is 0 Å². The van der Waals surface area contributed by atoms with Gasteiger partial charge in [0.15, 0.2) is 0 Å². The lowest BCUT2D eigenvalue weighted by atomic mass is 9.83. The normalized spacial score (nSPS) is 11.9. The predicted octanol–water partition coefficient (Wildman–Crippen LogP) is 12.6. The molecule has 1 aromatic heterocycles. The maximum absolute atomic E-state index is 6.24. The topological polar surface area (TPSA) is 13.1 Å². The predicted molar refractivity (Wildman–Crippen MR) is 169 cm³/mol. The van der Waals surface area contributed by atoms with E-state index in [0.29, 0.717) is 0 Å². The molecule has 0 N–H and O–H groups in total. The molecule has 3 rings (SSSR count). The zero-order valence-electron chi connectivity index (χ0n) is 25.3. The Morgan fingerprint density at radius 3 is 1.84 bits per heavy atom. The van der Waals surface area contributed by atoms with Gasteiger partial charge in [0.2, 0.25) is 0 Å². The fraction of sp³-hybridized carbons (Fsp3) is 0.568. The molecule has 0 unspecified atom stereocenters. The lowest BCUT2D eigenvalue weighted by molar-refractivity contribution is 0.536. The van der Waals surface area contributed by atoms with Gasteiger partial charge in [0, 0.05) is 16.5 Å². The summed E-state index contributed by atoms with van der Waals surface area (Å²) in [5, 5.41) is 1.21. The number of rotatable bonds is 17. The molecular formula is C37H54O. The number of allylic oxidation sites excluding steroid dienone is 1. The van der Waals surface area contributed by atoms with E-state index < -0.39 is 0 Å². The zero-order chi connectivity index (χ0) is 27.4. The van der Waals surface area contributed by atoms with Crippen LogP contribution in [0.15, 0.2) is 53.7 Å². The summed E-state index contributed by atoms with van der Waals surface area (Å²) in [6, 6.07) is 13.3. The van der Waals surface area contributed by atoms with Gasteiger partial charge in [0.05, 0.1) is 6.26 Å². The van der Waals surface area contributed by atoms with Gasteiger partial charge in [0.25, 0.3) is 0 Å². The molecule has 1 nitrogen and oxygen atoms in total. The summed E-state index contributed by atoms with van der Waals surface area (Å²) in [6.07, 6.45) is 22.4. The van der Waals surface area contributed by atoms with E-state index in [1.54, 1.807) is 0 Å². The van der Waals surface area contributed by atoms with Crippen LogP contribution < -0.4 is 0 Å². The second kappa shape index (κ2) is 15.3. The molecule has 0 aliphatic rings. The van der Waals surface area contributed by atoms with Gasteiger partial charge in [-0.3, -0.25) is 0 Å². The minimum Gasteiger partial charge on any atom is -0.463 e. The minimum atomic E-state index is 0.0680. The second-order valence-electron chi connectivity index (χ2n) is 12.6. The number of furan rings is 1. The number of aryl methyl sites for hydroxylation is 1. The average Bonchev–Trinajstić information content (AvgIpc) is 3.32. The molecule has 3 aromatic rings. The molecule has 0 atom stereocenters. The van der Waals surface area contributed by atoms with Gasteiger partial charge >= 0.3 is 0 Å². The molecule has 0 saturated carbocycles. The molecule has 1 heterocycles. The summed E-state index contributed by atoms with van der Waals surface area (Å²) < 4.78 is 6.24. The van der Waals surface area contributed by atoms with Crippen LogP contribution in [-0.2, 0) is 5.41 Å². The lowest BCUT2D eigenvalue weighted by Crippen LogP contribution is -2.11. The molecule has 208 valence electrons. The Hall–Kier alpha value is -2.28. The maximum atomic E-state index is 6.24. The van der Waals surface area contributed by atoms with Crippen molar-refractivity contribution in [1.29, 1.82) is 0 Å². The molecule has 0 fully saturated rings. The highest BCUT2D eigenvalue weighted by Gasteiger charge is 2.21. The molecule has 0 bridgehead atoms. The van der Waals surface area contributed by atoms with Crippen molar-refractivity contribution in [2.75, 3.05) is 0 Å². The molecule has 0 aliphatic carbocycles. The Bertz CT molecular complexity index is 1120. The van der Waals surface area contributed by atoms with E-state index in [0.717, 1.165) is 12.0 Å². The molecule has 0 saturated heterocycles. The molecule has 0 spiro atoms. The summed E-state index contributed by atoms with van der Waals surface area (Å²) in [4.78, 5) is 0. The van der Waals surface area contributed by atoms with Crippen molar-refractivity contribution >= 4 is 16.5 Å². The van der Waals surface area contributed by atoms with Crippen LogP contribution in [-0.4, -0.2) is 0 Å². The van der Waals surface area contributed by atoms with Gasteiger partial charge in [-0.2, -0.15) is 0 Å². The van der Waals surface area contributed by atoms with Crippen LogP contribution in [0.1, 0.15) is 141 Å². The number of benzene rings is 2. The fourth-order valence-corrected chi connectivity index (χ4v) is 5.58. The molecule has 38 heavy (non-hydrogen) atoms. The number of hydrogen-bond acceptors (Lipinski definition) is 1. The van der Waals surface area contributed by atoms with E-state index >= 15 is 0 Å². The van der Waals surface area contributed by atoms with Crippen molar-refractivity contribution in [2.45, 2.75) is 136 Å². The quantitative estimate of drug-likeness (QED) is 0.163. The Morgan fingerprint density at radius 1 is 0.737 bits per heavy atom. The molecule has 0 radical (unpaired) electrons. The van der Waals surface area contributed by atoms with Crippen molar-refractivity contribution in [3.8, 4) is 11.1 Å². The third-order valence-corrected chi connectivity index (χ3v) is 8.19. The first-order valence-corrected chi connectivity index (χ1v) is 15.6. The van der Waals surface area contributed by atoms with Crippen molar-refractivity contribution in [3.63, 3.8) is 0 Å².